The van der Waals surface area contributed by atoms with Crippen molar-refractivity contribution in [2.24, 2.45) is 10.9 Å². The fourth-order valence-electron chi connectivity index (χ4n) is 3.38. The number of carbonyl (C=O) groups is 1. The smallest absolute Gasteiger partial charge is 0.410 e. The highest BCUT2D eigenvalue weighted by atomic mass is 19.4. The molecule has 0 aromatic carbocycles. The fourth-order valence-corrected chi connectivity index (χ4v) is 3.38. The number of amides is 1. The van der Waals surface area contributed by atoms with E-state index in [0.29, 0.717) is 31.5 Å². The fraction of sp³-hybridized carbons (Fsp3) is 0.900. The van der Waals surface area contributed by atoms with Crippen molar-refractivity contribution >= 4 is 12.1 Å². The van der Waals surface area contributed by atoms with E-state index in [1.54, 1.807) is 0 Å². The van der Waals surface area contributed by atoms with E-state index >= 15 is 0 Å². The van der Waals surface area contributed by atoms with Crippen LogP contribution in [0.15, 0.2) is 4.99 Å². The minimum atomic E-state index is -4.20. The van der Waals surface area contributed by atoms with Gasteiger partial charge >= 0.3 is 12.3 Å². The first kappa shape index (κ1) is 23.6. The lowest BCUT2D eigenvalue weighted by molar-refractivity contribution is -0.132. The van der Waals surface area contributed by atoms with E-state index < -0.39 is 18.2 Å². The number of alkyl halides is 3. The van der Waals surface area contributed by atoms with Crippen LogP contribution in [-0.2, 0) is 4.74 Å². The van der Waals surface area contributed by atoms with Gasteiger partial charge in [-0.05, 0) is 59.3 Å². The highest BCUT2D eigenvalue weighted by Gasteiger charge is 2.35. The van der Waals surface area contributed by atoms with Crippen molar-refractivity contribution in [1.29, 1.82) is 0 Å². The number of likely N-dealkylation sites (tertiary alicyclic amines) is 1. The molecule has 0 spiro atoms. The molecular weight excluding hydrogens is 385 g/mol. The van der Waals surface area contributed by atoms with Crippen LogP contribution in [0.2, 0.25) is 0 Å². The summed E-state index contributed by atoms with van der Waals surface area (Å²) in [6, 6.07) is 0.0831. The third-order valence-electron chi connectivity index (χ3n) is 4.98. The van der Waals surface area contributed by atoms with E-state index in [-0.39, 0.29) is 18.7 Å². The van der Waals surface area contributed by atoms with Crippen LogP contribution in [0.4, 0.5) is 18.0 Å². The van der Waals surface area contributed by atoms with Crippen molar-refractivity contribution in [3.63, 3.8) is 0 Å². The first-order valence-electron chi connectivity index (χ1n) is 10.6. The molecule has 2 aliphatic rings. The Morgan fingerprint density at radius 3 is 2.28 bits per heavy atom. The summed E-state index contributed by atoms with van der Waals surface area (Å²) in [7, 11) is 0. The van der Waals surface area contributed by atoms with E-state index in [0.717, 1.165) is 32.2 Å². The molecule has 0 bridgehead atoms. The number of halogens is 3. The molecule has 0 aromatic heterocycles. The van der Waals surface area contributed by atoms with Gasteiger partial charge in [-0.3, -0.25) is 4.99 Å². The molecule has 1 aliphatic heterocycles. The van der Waals surface area contributed by atoms with Crippen molar-refractivity contribution in [2.45, 2.75) is 77.6 Å². The SMILES string of the molecule is CCNC(=NCCC(F)(F)F)N1CCC(N(CC2CC2)C(=O)OC(C)(C)C)CC1. The van der Waals surface area contributed by atoms with Crippen molar-refractivity contribution in [3.8, 4) is 0 Å². The number of carbonyl (C=O) groups excluding carboxylic acids is 1. The molecule has 0 radical (unpaired) electrons. The maximum atomic E-state index is 12.7. The molecule has 1 heterocycles. The van der Waals surface area contributed by atoms with Crippen LogP contribution >= 0.6 is 0 Å². The molecule has 0 aromatic rings. The zero-order chi connectivity index (χ0) is 21.7. The van der Waals surface area contributed by atoms with E-state index in [4.69, 9.17) is 4.74 Å². The minimum Gasteiger partial charge on any atom is -0.444 e. The van der Waals surface area contributed by atoms with Crippen LogP contribution in [0, 0.1) is 5.92 Å². The summed E-state index contributed by atoms with van der Waals surface area (Å²) in [5.41, 5.74) is -0.539. The zero-order valence-electron chi connectivity index (χ0n) is 18.0. The highest BCUT2D eigenvalue weighted by Crippen LogP contribution is 2.32. The topological polar surface area (TPSA) is 57.2 Å². The van der Waals surface area contributed by atoms with Crippen LogP contribution in [0.3, 0.4) is 0 Å². The standard InChI is InChI=1S/C20H35F3N4O2/c1-5-24-17(25-11-10-20(21,22)23)26-12-8-16(9-13-26)27(14-15-6-7-15)18(28)29-19(2,3)4/h15-16H,5-14H2,1-4H3,(H,24,25). The number of nitrogens with zero attached hydrogens (tertiary/aromatic N) is 3. The van der Waals surface area contributed by atoms with Gasteiger partial charge in [0.25, 0.3) is 0 Å². The number of rotatable bonds is 6. The highest BCUT2D eigenvalue weighted by molar-refractivity contribution is 5.80. The maximum absolute atomic E-state index is 12.7. The average Bonchev–Trinajstić information content (AvgIpc) is 3.41. The van der Waals surface area contributed by atoms with Crippen LogP contribution < -0.4 is 5.32 Å². The molecule has 29 heavy (non-hydrogen) atoms. The normalized spacial score (nSPS) is 19.3. The number of piperidine rings is 1. The molecule has 0 atom stereocenters. The lowest BCUT2D eigenvalue weighted by atomic mass is 10.0. The molecule has 1 N–H and O–H groups in total. The van der Waals surface area contributed by atoms with Gasteiger partial charge in [0, 0.05) is 32.2 Å². The van der Waals surface area contributed by atoms with Crippen molar-refractivity contribution < 1.29 is 22.7 Å². The third-order valence-corrected chi connectivity index (χ3v) is 4.98. The number of nitrogens with one attached hydrogen (secondary N) is 1. The van der Waals surface area contributed by atoms with Gasteiger partial charge < -0.3 is 19.9 Å². The Kier molecular flexibility index (Phi) is 8.05. The maximum Gasteiger partial charge on any atom is 0.410 e. The van der Waals surface area contributed by atoms with Gasteiger partial charge in [0.2, 0.25) is 0 Å². The number of hydrogen-bond donors (Lipinski definition) is 1. The summed E-state index contributed by atoms with van der Waals surface area (Å²) in [4.78, 5) is 20.7. The van der Waals surface area contributed by atoms with Crippen molar-refractivity contribution in [2.75, 3.05) is 32.7 Å². The van der Waals surface area contributed by atoms with E-state index in [1.165, 1.54) is 0 Å². The summed E-state index contributed by atoms with van der Waals surface area (Å²) in [6.07, 6.45) is -1.61. The molecule has 0 unspecified atom stereocenters. The van der Waals surface area contributed by atoms with Crippen LogP contribution in [0.25, 0.3) is 0 Å². The molecule has 9 heteroatoms. The lowest BCUT2D eigenvalue weighted by Gasteiger charge is -2.40. The number of aliphatic imine (C=N–C) groups is 1. The van der Waals surface area contributed by atoms with Gasteiger partial charge in [0.05, 0.1) is 13.0 Å². The van der Waals surface area contributed by atoms with Gasteiger partial charge in [0.1, 0.15) is 5.60 Å². The Balaban J connectivity index is 1.95. The molecular formula is C20H35F3N4O2. The average molecular weight is 421 g/mol. The third kappa shape index (κ3) is 8.70. The van der Waals surface area contributed by atoms with E-state index in [9.17, 15) is 18.0 Å². The predicted octanol–water partition coefficient (Wildman–Crippen LogP) is 4.02. The Morgan fingerprint density at radius 1 is 1.17 bits per heavy atom. The first-order chi connectivity index (χ1) is 13.5. The quantitative estimate of drug-likeness (QED) is 0.521. The molecule has 168 valence electrons. The van der Waals surface area contributed by atoms with Crippen LogP contribution in [0.1, 0.15) is 59.8 Å². The van der Waals surface area contributed by atoms with E-state index in [2.05, 4.69) is 10.3 Å². The Labute approximate surface area is 171 Å². The minimum absolute atomic E-state index is 0.0831. The molecule has 1 saturated heterocycles. The second-order valence-corrected chi connectivity index (χ2v) is 8.90. The van der Waals surface area contributed by atoms with Crippen LogP contribution in [-0.4, -0.2) is 72.4 Å². The molecule has 2 rings (SSSR count). The Morgan fingerprint density at radius 2 is 1.79 bits per heavy atom. The lowest BCUT2D eigenvalue weighted by Crippen LogP contribution is -2.52. The molecule has 2 fully saturated rings. The Bertz CT molecular complexity index is 563. The number of hydrogen-bond acceptors (Lipinski definition) is 3. The number of ether oxygens (including phenoxy) is 1. The summed E-state index contributed by atoms with van der Waals surface area (Å²) >= 11 is 0. The van der Waals surface area contributed by atoms with Gasteiger partial charge in [0.15, 0.2) is 5.96 Å². The predicted molar refractivity (Wildman–Crippen MR) is 107 cm³/mol. The Hall–Kier alpha value is -1.67. The van der Waals surface area contributed by atoms with E-state index in [1.807, 2.05) is 37.5 Å². The summed E-state index contributed by atoms with van der Waals surface area (Å²) in [5.74, 6) is 1.07. The van der Waals surface area contributed by atoms with Crippen LogP contribution in [0.5, 0.6) is 0 Å². The van der Waals surface area contributed by atoms with Gasteiger partial charge in [-0.25, -0.2) is 4.79 Å². The zero-order valence-corrected chi connectivity index (χ0v) is 18.0. The van der Waals surface area contributed by atoms with Gasteiger partial charge in [-0.15, -0.1) is 0 Å². The van der Waals surface area contributed by atoms with Crippen molar-refractivity contribution in [1.82, 2.24) is 15.1 Å². The molecule has 6 nitrogen and oxygen atoms in total. The second kappa shape index (κ2) is 9.89. The summed E-state index contributed by atoms with van der Waals surface area (Å²) in [5, 5.41) is 3.08. The summed E-state index contributed by atoms with van der Waals surface area (Å²) < 4.78 is 42.9. The van der Waals surface area contributed by atoms with Crippen molar-refractivity contribution in [3.05, 3.63) is 0 Å². The molecule has 1 aliphatic carbocycles. The largest absolute Gasteiger partial charge is 0.444 e. The molecule has 1 saturated carbocycles. The van der Waals surface area contributed by atoms with Gasteiger partial charge in [-0.1, -0.05) is 0 Å². The second-order valence-electron chi connectivity index (χ2n) is 8.90. The first-order valence-corrected chi connectivity index (χ1v) is 10.6. The summed E-state index contributed by atoms with van der Waals surface area (Å²) in [6.45, 7) is 9.81. The molecule has 1 amide bonds. The number of guanidine groups is 1. The monoisotopic (exact) mass is 420 g/mol. The van der Waals surface area contributed by atoms with Gasteiger partial charge in [-0.2, -0.15) is 13.2 Å².